The number of hydrogen-bond acceptors (Lipinski definition) is 6. The molecular weight excluding hydrogens is 301 g/mol. The number of piperazine rings is 1. The largest absolute Gasteiger partial charge is 0.369 e. The van der Waals surface area contributed by atoms with Crippen molar-refractivity contribution in [2.45, 2.75) is 6.04 Å². The molecule has 5 nitrogen and oxygen atoms in total. The second kappa shape index (κ2) is 5.81. The Morgan fingerprint density at radius 3 is 2.36 bits per heavy atom. The van der Waals surface area contributed by atoms with Crippen molar-refractivity contribution >= 4 is 22.2 Å². The van der Waals surface area contributed by atoms with Crippen LogP contribution in [0.25, 0.3) is 0 Å². The first-order chi connectivity index (χ1) is 10.8. The summed E-state index contributed by atoms with van der Waals surface area (Å²) in [6, 6.07) is 7.43. The average molecular weight is 319 g/mol. The zero-order valence-electron chi connectivity index (χ0n) is 12.2. The van der Waals surface area contributed by atoms with Gasteiger partial charge in [0.25, 0.3) is 0 Å². The van der Waals surface area contributed by atoms with Gasteiger partial charge >= 0.3 is 0 Å². The summed E-state index contributed by atoms with van der Waals surface area (Å²) in [4.78, 5) is 7.17. The first-order valence-electron chi connectivity index (χ1n) is 7.55. The van der Waals surface area contributed by atoms with E-state index in [0.29, 0.717) is 6.04 Å². The standard InChI is InChI=1S/C15H18FN5S/c16-12-1-3-13(4-2-12)19-5-7-20(8-6-19)14-9-21(10-14)15-18-17-11-22-15/h1-4,11,14H,5-10H2. The Balaban J connectivity index is 1.29. The van der Waals surface area contributed by atoms with Gasteiger partial charge in [-0.25, -0.2) is 4.39 Å². The van der Waals surface area contributed by atoms with Gasteiger partial charge < -0.3 is 9.80 Å². The lowest BCUT2D eigenvalue weighted by molar-refractivity contribution is 0.157. The Morgan fingerprint density at radius 1 is 1.00 bits per heavy atom. The number of halogens is 1. The van der Waals surface area contributed by atoms with Gasteiger partial charge in [-0.2, -0.15) is 0 Å². The second-order valence-electron chi connectivity index (χ2n) is 5.78. The van der Waals surface area contributed by atoms with Gasteiger partial charge in [-0.1, -0.05) is 11.3 Å². The highest BCUT2D eigenvalue weighted by Crippen LogP contribution is 2.26. The van der Waals surface area contributed by atoms with E-state index in [0.717, 1.165) is 50.1 Å². The fraction of sp³-hybridized carbons (Fsp3) is 0.467. The Bertz CT molecular complexity index is 603. The Labute approximate surface area is 133 Å². The molecule has 0 radical (unpaired) electrons. The normalized spacial score (nSPS) is 20.2. The molecule has 0 aliphatic carbocycles. The summed E-state index contributed by atoms with van der Waals surface area (Å²) in [5.74, 6) is -0.173. The van der Waals surface area contributed by atoms with Crippen LogP contribution in [0.2, 0.25) is 0 Å². The van der Waals surface area contributed by atoms with E-state index in [9.17, 15) is 4.39 Å². The van der Waals surface area contributed by atoms with Crippen LogP contribution in [0.3, 0.4) is 0 Å². The molecule has 2 aromatic rings. The zero-order chi connectivity index (χ0) is 14.9. The third-order valence-corrected chi connectivity index (χ3v) is 5.25. The number of benzene rings is 1. The molecule has 0 unspecified atom stereocenters. The van der Waals surface area contributed by atoms with Gasteiger partial charge in [-0.15, -0.1) is 10.2 Å². The van der Waals surface area contributed by atoms with Crippen LogP contribution in [0.5, 0.6) is 0 Å². The highest BCUT2D eigenvalue weighted by molar-refractivity contribution is 7.13. The molecule has 1 aromatic heterocycles. The fourth-order valence-electron chi connectivity index (χ4n) is 3.14. The van der Waals surface area contributed by atoms with Crippen LogP contribution >= 0.6 is 11.3 Å². The molecule has 0 N–H and O–H groups in total. The summed E-state index contributed by atoms with van der Waals surface area (Å²) >= 11 is 1.60. The lowest BCUT2D eigenvalue weighted by atomic mass is 10.1. The van der Waals surface area contributed by atoms with Gasteiger partial charge in [-0.05, 0) is 24.3 Å². The minimum atomic E-state index is -0.173. The number of rotatable bonds is 3. The molecule has 1 aromatic carbocycles. The third kappa shape index (κ3) is 2.66. The smallest absolute Gasteiger partial charge is 0.208 e. The molecule has 22 heavy (non-hydrogen) atoms. The Hall–Kier alpha value is -1.73. The lowest BCUT2D eigenvalue weighted by Gasteiger charge is -2.48. The summed E-state index contributed by atoms with van der Waals surface area (Å²) in [6.45, 7) is 6.22. The van der Waals surface area contributed by atoms with Crippen LogP contribution in [-0.4, -0.2) is 60.4 Å². The van der Waals surface area contributed by atoms with E-state index in [1.54, 1.807) is 16.8 Å². The molecule has 0 spiro atoms. The van der Waals surface area contributed by atoms with Crippen LogP contribution in [-0.2, 0) is 0 Å². The van der Waals surface area contributed by atoms with Gasteiger partial charge in [0.2, 0.25) is 5.13 Å². The van der Waals surface area contributed by atoms with Crippen molar-refractivity contribution in [3.8, 4) is 0 Å². The predicted molar refractivity (Wildman–Crippen MR) is 86.1 cm³/mol. The first-order valence-corrected chi connectivity index (χ1v) is 8.43. The second-order valence-corrected chi connectivity index (χ2v) is 6.59. The Kier molecular flexibility index (Phi) is 3.67. The molecule has 2 aliphatic rings. The quantitative estimate of drug-likeness (QED) is 0.860. The van der Waals surface area contributed by atoms with Crippen molar-refractivity contribution in [2.24, 2.45) is 0 Å². The van der Waals surface area contributed by atoms with Crippen molar-refractivity contribution in [1.29, 1.82) is 0 Å². The van der Waals surface area contributed by atoms with E-state index >= 15 is 0 Å². The lowest BCUT2D eigenvalue weighted by Crippen LogP contribution is -2.63. The third-order valence-electron chi connectivity index (χ3n) is 4.50. The summed E-state index contributed by atoms with van der Waals surface area (Å²) in [5, 5.41) is 9.03. The van der Waals surface area contributed by atoms with Crippen LogP contribution in [0, 0.1) is 5.82 Å². The monoisotopic (exact) mass is 319 g/mol. The highest BCUT2D eigenvalue weighted by atomic mass is 32.1. The van der Waals surface area contributed by atoms with E-state index < -0.39 is 0 Å². The predicted octanol–water partition coefficient (Wildman–Crippen LogP) is 1.69. The van der Waals surface area contributed by atoms with E-state index in [4.69, 9.17) is 0 Å². The minimum absolute atomic E-state index is 0.173. The maximum Gasteiger partial charge on any atom is 0.208 e. The molecule has 116 valence electrons. The molecule has 4 rings (SSSR count). The van der Waals surface area contributed by atoms with Crippen molar-refractivity contribution < 1.29 is 4.39 Å². The number of nitrogens with zero attached hydrogens (tertiary/aromatic N) is 5. The first kappa shape index (κ1) is 13.9. The molecule has 2 aliphatic heterocycles. The minimum Gasteiger partial charge on any atom is -0.369 e. The molecule has 0 amide bonds. The van der Waals surface area contributed by atoms with E-state index in [2.05, 4.69) is 24.9 Å². The highest BCUT2D eigenvalue weighted by Gasteiger charge is 2.34. The van der Waals surface area contributed by atoms with Crippen LogP contribution < -0.4 is 9.80 Å². The maximum atomic E-state index is 13.0. The molecular formula is C15H18FN5S. The van der Waals surface area contributed by atoms with Gasteiger partial charge in [0.15, 0.2) is 0 Å². The van der Waals surface area contributed by atoms with Crippen LogP contribution in [0.4, 0.5) is 15.2 Å². The van der Waals surface area contributed by atoms with Gasteiger partial charge in [0.1, 0.15) is 11.3 Å². The number of hydrogen-bond donors (Lipinski definition) is 0. The SMILES string of the molecule is Fc1ccc(N2CCN(C3CN(c4nncs4)C3)CC2)cc1. The molecule has 3 heterocycles. The molecule has 2 saturated heterocycles. The van der Waals surface area contributed by atoms with Crippen molar-refractivity contribution in [2.75, 3.05) is 49.1 Å². The van der Waals surface area contributed by atoms with E-state index in [1.165, 1.54) is 12.1 Å². The van der Waals surface area contributed by atoms with E-state index in [-0.39, 0.29) is 5.82 Å². The van der Waals surface area contributed by atoms with Gasteiger partial charge in [0, 0.05) is 51.0 Å². The average Bonchev–Trinajstić information content (AvgIpc) is 3.01. The van der Waals surface area contributed by atoms with Gasteiger partial charge in [-0.3, -0.25) is 4.90 Å². The summed E-state index contributed by atoms with van der Waals surface area (Å²) < 4.78 is 13.0. The van der Waals surface area contributed by atoms with Crippen molar-refractivity contribution in [3.05, 3.63) is 35.6 Å². The van der Waals surface area contributed by atoms with Crippen molar-refractivity contribution in [3.63, 3.8) is 0 Å². The van der Waals surface area contributed by atoms with Crippen molar-refractivity contribution in [1.82, 2.24) is 15.1 Å². The number of aromatic nitrogens is 2. The topological polar surface area (TPSA) is 35.5 Å². The maximum absolute atomic E-state index is 13.0. The summed E-state index contributed by atoms with van der Waals surface area (Å²) in [7, 11) is 0. The van der Waals surface area contributed by atoms with Crippen LogP contribution in [0.1, 0.15) is 0 Å². The summed E-state index contributed by atoms with van der Waals surface area (Å²) in [5.41, 5.74) is 2.90. The molecule has 0 bridgehead atoms. The van der Waals surface area contributed by atoms with Gasteiger partial charge in [0.05, 0.1) is 0 Å². The fourth-order valence-corrected chi connectivity index (χ4v) is 3.73. The Morgan fingerprint density at radius 2 is 1.73 bits per heavy atom. The number of anilines is 2. The zero-order valence-corrected chi connectivity index (χ0v) is 13.0. The van der Waals surface area contributed by atoms with E-state index in [1.807, 2.05) is 12.1 Å². The summed E-state index contributed by atoms with van der Waals surface area (Å²) in [6.07, 6.45) is 0. The molecule has 0 saturated carbocycles. The molecule has 7 heteroatoms. The molecule has 2 fully saturated rings. The molecule has 0 atom stereocenters. The van der Waals surface area contributed by atoms with Crippen LogP contribution in [0.15, 0.2) is 29.8 Å².